The number of hydrogen-bond donors (Lipinski definition) is 1. The van der Waals surface area contributed by atoms with Crippen LogP contribution in [0.1, 0.15) is 80.0 Å². The Hall–Kier alpha value is -3.11. The summed E-state index contributed by atoms with van der Waals surface area (Å²) in [6.07, 6.45) is 4.59. The molecule has 1 aliphatic carbocycles. The maximum atomic E-state index is 13.5. The fourth-order valence-corrected chi connectivity index (χ4v) is 7.04. The van der Waals surface area contributed by atoms with Crippen LogP contribution in [-0.4, -0.2) is 40.4 Å². The monoisotopic (exact) mass is 495 g/mol. The summed E-state index contributed by atoms with van der Waals surface area (Å²) >= 11 is 0. The largest absolute Gasteiger partial charge is 0.448 e. The summed E-state index contributed by atoms with van der Waals surface area (Å²) in [5.41, 5.74) is 6.63. The number of carbonyl (C=O) groups is 1. The number of amides is 1. The number of piperidine rings is 2. The molecule has 2 saturated heterocycles. The molecule has 4 nitrogen and oxygen atoms in total. The van der Waals surface area contributed by atoms with E-state index < -0.39 is 5.60 Å². The molecule has 192 valence electrons. The van der Waals surface area contributed by atoms with Crippen LogP contribution in [0, 0.1) is 0 Å². The van der Waals surface area contributed by atoms with Gasteiger partial charge in [0.25, 0.3) is 0 Å². The molecule has 0 radical (unpaired) electrons. The second-order valence-electron chi connectivity index (χ2n) is 11.7. The Morgan fingerprint density at radius 2 is 1.49 bits per heavy atom. The van der Waals surface area contributed by atoms with Crippen LogP contribution in [-0.2, 0) is 11.2 Å². The highest BCUT2D eigenvalue weighted by molar-refractivity contribution is 5.79. The van der Waals surface area contributed by atoms with E-state index in [-0.39, 0.29) is 24.1 Å². The molecular weight excluding hydrogens is 458 g/mol. The Bertz CT molecular complexity index is 1220. The Morgan fingerprint density at radius 1 is 0.919 bits per heavy atom. The van der Waals surface area contributed by atoms with E-state index in [4.69, 9.17) is 4.74 Å². The highest BCUT2D eigenvalue weighted by Gasteiger charge is 2.48. The van der Waals surface area contributed by atoms with Gasteiger partial charge in [-0.05, 0) is 71.4 Å². The number of rotatable bonds is 5. The molecule has 0 saturated carbocycles. The first-order chi connectivity index (χ1) is 17.9. The maximum absolute atomic E-state index is 13.5. The fraction of sp³-hybridized carbons (Fsp3) is 0.424. The zero-order chi connectivity index (χ0) is 25.6. The molecule has 2 aliphatic heterocycles. The van der Waals surface area contributed by atoms with Crippen LogP contribution in [0.15, 0.2) is 72.8 Å². The highest BCUT2D eigenvalue weighted by Crippen LogP contribution is 2.45. The molecule has 3 aliphatic rings. The van der Waals surface area contributed by atoms with Crippen LogP contribution in [0.5, 0.6) is 0 Å². The lowest BCUT2D eigenvalue weighted by Gasteiger charge is -2.51. The van der Waals surface area contributed by atoms with Crippen molar-refractivity contribution in [3.05, 3.63) is 95.1 Å². The lowest BCUT2D eigenvalue weighted by molar-refractivity contribution is -0.0840. The van der Waals surface area contributed by atoms with E-state index in [1.54, 1.807) is 0 Å². The smallest absolute Gasteiger partial charge is 0.410 e. The Labute approximate surface area is 220 Å². The normalized spacial score (nSPS) is 24.6. The first-order valence-electron chi connectivity index (χ1n) is 13.9. The summed E-state index contributed by atoms with van der Waals surface area (Å²) < 4.78 is 6.04. The van der Waals surface area contributed by atoms with Gasteiger partial charge in [-0.1, -0.05) is 86.6 Å². The zero-order valence-corrected chi connectivity index (χ0v) is 21.9. The summed E-state index contributed by atoms with van der Waals surface area (Å²) in [4.78, 5) is 15.4. The predicted molar refractivity (Wildman–Crippen MR) is 147 cm³/mol. The second kappa shape index (κ2) is 9.64. The lowest BCUT2D eigenvalue weighted by atomic mass is 9.73. The average molecular weight is 496 g/mol. The van der Waals surface area contributed by atoms with Gasteiger partial charge in [0.1, 0.15) is 6.61 Å². The van der Waals surface area contributed by atoms with Crippen molar-refractivity contribution in [2.24, 2.45) is 0 Å². The standard InChI is InChI=1S/C33H37NO3/c1-22(2)24-16-14-23(15-17-24)18-33(36)19-25-8-7-9-26(20-33)34(25)32(35)37-21-31-29-12-5-3-10-27(29)28-11-4-6-13-30(28)31/h3-6,10-17,22,25-26,31,36H,7-9,18-21H2,1-2H3. The van der Waals surface area contributed by atoms with Gasteiger partial charge in [-0.3, -0.25) is 0 Å². The van der Waals surface area contributed by atoms with Gasteiger partial charge in [0.2, 0.25) is 0 Å². The predicted octanol–water partition coefficient (Wildman–Crippen LogP) is 7.05. The summed E-state index contributed by atoms with van der Waals surface area (Å²) in [5.74, 6) is 0.559. The quantitative estimate of drug-likeness (QED) is 0.413. The van der Waals surface area contributed by atoms with Gasteiger partial charge in [0.05, 0.1) is 5.60 Å². The first-order valence-corrected chi connectivity index (χ1v) is 13.9. The molecule has 37 heavy (non-hydrogen) atoms. The number of benzene rings is 3. The second-order valence-corrected chi connectivity index (χ2v) is 11.7. The van der Waals surface area contributed by atoms with E-state index in [0.29, 0.717) is 31.8 Å². The third kappa shape index (κ3) is 4.57. The van der Waals surface area contributed by atoms with Crippen molar-refractivity contribution in [3.8, 4) is 11.1 Å². The van der Waals surface area contributed by atoms with Crippen molar-refractivity contribution >= 4 is 6.09 Å². The topological polar surface area (TPSA) is 49.8 Å². The third-order valence-electron chi connectivity index (χ3n) is 8.82. The number of aliphatic hydroxyl groups is 1. The fourth-order valence-electron chi connectivity index (χ4n) is 7.04. The van der Waals surface area contributed by atoms with Gasteiger partial charge in [-0.15, -0.1) is 0 Å². The van der Waals surface area contributed by atoms with E-state index in [1.807, 2.05) is 4.90 Å². The van der Waals surface area contributed by atoms with Gasteiger partial charge in [0, 0.05) is 24.4 Å². The first kappa shape index (κ1) is 24.2. The van der Waals surface area contributed by atoms with Gasteiger partial charge < -0.3 is 14.7 Å². The van der Waals surface area contributed by atoms with Crippen molar-refractivity contribution in [2.75, 3.05) is 6.61 Å². The van der Waals surface area contributed by atoms with Crippen LogP contribution in [0.4, 0.5) is 4.79 Å². The Kier molecular flexibility index (Phi) is 6.32. The van der Waals surface area contributed by atoms with Gasteiger partial charge in [0.15, 0.2) is 0 Å². The van der Waals surface area contributed by atoms with Crippen molar-refractivity contribution in [1.29, 1.82) is 0 Å². The van der Waals surface area contributed by atoms with Crippen LogP contribution in [0.25, 0.3) is 11.1 Å². The van der Waals surface area contributed by atoms with Crippen molar-refractivity contribution in [1.82, 2.24) is 4.90 Å². The Morgan fingerprint density at radius 3 is 2.05 bits per heavy atom. The van der Waals surface area contributed by atoms with Crippen molar-refractivity contribution < 1.29 is 14.6 Å². The van der Waals surface area contributed by atoms with E-state index in [2.05, 4.69) is 86.6 Å². The lowest BCUT2D eigenvalue weighted by Crippen LogP contribution is -2.60. The number of hydrogen-bond acceptors (Lipinski definition) is 3. The molecule has 1 amide bonds. The molecule has 2 bridgehead atoms. The molecule has 3 aromatic rings. The number of nitrogens with zero attached hydrogens (tertiary/aromatic N) is 1. The van der Waals surface area contributed by atoms with Crippen LogP contribution in [0.3, 0.4) is 0 Å². The molecule has 0 aromatic heterocycles. The molecule has 4 heteroatoms. The molecule has 0 spiro atoms. The van der Waals surface area contributed by atoms with Gasteiger partial charge >= 0.3 is 6.09 Å². The molecule has 6 rings (SSSR count). The summed E-state index contributed by atoms with van der Waals surface area (Å²) in [6.45, 7) is 4.74. The van der Waals surface area contributed by atoms with Crippen molar-refractivity contribution in [2.45, 2.75) is 81.9 Å². The van der Waals surface area contributed by atoms with E-state index in [1.165, 1.54) is 33.4 Å². The molecule has 1 N–H and O–H groups in total. The van der Waals surface area contributed by atoms with Crippen LogP contribution in [0.2, 0.25) is 0 Å². The van der Waals surface area contributed by atoms with Gasteiger partial charge in [-0.2, -0.15) is 0 Å². The zero-order valence-electron chi connectivity index (χ0n) is 21.9. The van der Waals surface area contributed by atoms with Crippen molar-refractivity contribution in [3.63, 3.8) is 0 Å². The van der Waals surface area contributed by atoms with Gasteiger partial charge in [-0.25, -0.2) is 4.79 Å². The number of fused-ring (bicyclic) bond motifs is 5. The van der Waals surface area contributed by atoms with E-state index in [9.17, 15) is 9.90 Å². The maximum Gasteiger partial charge on any atom is 0.410 e. The Balaban J connectivity index is 1.15. The minimum absolute atomic E-state index is 0.0306. The minimum atomic E-state index is -0.783. The third-order valence-corrected chi connectivity index (χ3v) is 8.82. The molecule has 2 fully saturated rings. The van der Waals surface area contributed by atoms with E-state index >= 15 is 0 Å². The summed E-state index contributed by atoms with van der Waals surface area (Å²) in [7, 11) is 0. The highest BCUT2D eigenvalue weighted by atomic mass is 16.6. The van der Waals surface area contributed by atoms with E-state index in [0.717, 1.165) is 19.3 Å². The minimum Gasteiger partial charge on any atom is -0.448 e. The summed E-state index contributed by atoms with van der Waals surface area (Å²) in [5, 5.41) is 11.7. The molecule has 2 heterocycles. The van der Waals surface area contributed by atoms with Crippen LogP contribution < -0.4 is 0 Å². The molecule has 3 aromatic carbocycles. The average Bonchev–Trinajstić information content (AvgIpc) is 3.20. The SMILES string of the molecule is CC(C)c1ccc(CC2(O)CC3CCCC(C2)N3C(=O)OCC2c3ccccc3-c3ccccc32)cc1. The summed E-state index contributed by atoms with van der Waals surface area (Å²) in [6, 6.07) is 25.6. The molecule has 2 atom stereocenters. The molecular formula is C33H37NO3. The number of carbonyl (C=O) groups excluding carboxylic acids is 1. The molecule has 2 unspecified atom stereocenters. The number of ether oxygens (including phenoxy) is 1. The van der Waals surface area contributed by atoms with Crippen LogP contribution >= 0.6 is 0 Å².